The molecule has 4 rings (SSSR count). The molecule has 1 fully saturated rings. The van der Waals surface area contributed by atoms with Crippen molar-refractivity contribution in [1.82, 2.24) is 0 Å². The first-order valence-electron chi connectivity index (χ1n) is 12.8. The smallest absolute Gasteiger partial charge is 0.311 e. The molecule has 0 saturated carbocycles. The Morgan fingerprint density at radius 3 is 2.10 bits per heavy atom. The fourth-order valence-corrected chi connectivity index (χ4v) is 4.67. The number of amides is 2. The van der Waals surface area contributed by atoms with Gasteiger partial charge in [0.1, 0.15) is 11.5 Å². The summed E-state index contributed by atoms with van der Waals surface area (Å²) in [6, 6.07) is 18.8. The lowest BCUT2D eigenvalue weighted by Crippen LogP contribution is -2.28. The molecular weight excluding hydrogens is 560 g/mol. The summed E-state index contributed by atoms with van der Waals surface area (Å²) < 4.78 is 12.2. The van der Waals surface area contributed by atoms with Gasteiger partial charge in [0.05, 0.1) is 5.92 Å². The van der Waals surface area contributed by atoms with Crippen molar-refractivity contribution in [3.8, 4) is 11.5 Å². The second kappa shape index (κ2) is 11.6. The maximum absolute atomic E-state index is 12.7. The molecule has 0 aromatic heterocycles. The van der Waals surface area contributed by atoms with Crippen molar-refractivity contribution in [3.05, 3.63) is 81.8 Å². The Labute approximate surface area is 237 Å². The molecule has 1 heterocycles. The van der Waals surface area contributed by atoms with E-state index in [1.54, 1.807) is 29.2 Å². The van der Waals surface area contributed by atoms with Crippen LogP contribution >= 0.6 is 15.9 Å². The van der Waals surface area contributed by atoms with Crippen LogP contribution in [0.2, 0.25) is 0 Å². The summed E-state index contributed by atoms with van der Waals surface area (Å²) in [6.45, 7) is 10.1. The van der Waals surface area contributed by atoms with Gasteiger partial charge < -0.3 is 19.7 Å². The number of carbonyl (C=O) groups excluding carboxylic acids is 3. The minimum Gasteiger partial charge on any atom is -0.457 e. The van der Waals surface area contributed by atoms with E-state index in [4.69, 9.17) is 9.47 Å². The monoisotopic (exact) mass is 592 g/mol. The van der Waals surface area contributed by atoms with Crippen LogP contribution in [0.4, 0.5) is 11.4 Å². The third-order valence-electron chi connectivity index (χ3n) is 6.63. The molecule has 1 atom stereocenters. The molecule has 3 aromatic rings. The van der Waals surface area contributed by atoms with E-state index in [1.165, 1.54) is 5.56 Å². The van der Waals surface area contributed by atoms with Crippen molar-refractivity contribution in [2.24, 2.45) is 5.92 Å². The van der Waals surface area contributed by atoms with E-state index < -0.39 is 24.4 Å². The van der Waals surface area contributed by atoms with E-state index in [2.05, 4.69) is 54.2 Å². The van der Waals surface area contributed by atoms with Gasteiger partial charge in [0.2, 0.25) is 5.91 Å². The summed E-state index contributed by atoms with van der Waals surface area (Å²) in [7, 11) is 0. The van der Waals surface area contributed by atoms with Gasteiger partial charge >= 0.3 is 5.97 Å². The first-order chi connectivity index (χ1) is 18.4. The van der Waals surface area contributed by atoms with E-state index in [0.29, 0.717) is 17.1 Å². The lowest BCUT2D eigenvalue weighted by atomic mass is 9.87. The summed E-state index contributed by atoms with van der Waals surface area (Å²) >= 11 is 3.50. The minimum atomic E-state index is -0.639. The van der Waals surface area contributed by atoms with E-state index in [0.717, 1.165) is 21.3 Å². The highest BCUT2D eigenvalue weighted by atomic mass is 79.9. The van der Waals surface area contributed by atoms with Crippen molar-refractivity contribution < 1.29 is 23.9 Å². The second-order valence-electron chi connectivity index (χ2n) is 10.9. The number of nitrogens with one attached hydrogen (secondary N) is 1. The molecule has 1 N–H and O–H groups in total. The van der Waals surface area contributed by atoms with Crippen LogP contribution in [-0.2, 0) is 24.5 Å². The van der Waals surface area contributed by atoms with Gasteiger partial charge in [0.25, 0.3) is 5.91 Å². The third-order valence-corrected chi connectivity index (χ3v) is 7.88. The molecule has 7 nitrogen and oxygen atoms in total. The number of hydrogen-bond acceptors (Lipinski definition) is 5. The van der Waals surface area contributed by atoms with Gasteiger partial charge in [0.15, 0.2) is 6.61 Å². The number of benzene rings is 3. The van der Waals surface area contributed by atoms with Crippen LogP contribution in [0.1, 0.15) is 43.9 Å². The second-order valence-corrected chi connectivity index (χ2v) is 11.6. The van der Waals surface area contributed by atoms with Crippen LogP contribution in [0.5, 0.6) is 11.5 Å². The lowest BCUT2D eigenvalue weighted by Gasteiger charge is -2.19. The van der Waals surface area contributed by atoms with E-state index >= 15 is 0 Å². The van der Waals surface area contributed by atoms with Crippen molar-refractivity contribution in [3.63, 3.8) is 0 Å². The molecule has 1 saturated heterocycles. The van der Waals surface area contributed by atoms with Crippen LogP contribution < -0.4 is 15.0 Å². The first-order valence-corrected chi connectivity index (χ1v) is 13.6. The Bertz CT molecular complexity index is 1350. The number of aryl methyl sites for hydroxylation is 2. The van der Waals surface area contributed by atoms with Gasteiger partial charge in [-0.1, -0.05) is 48.8 Å². The molecule has 1 aliphatic heterocycles. The van der Waals surface area contributed by atoms with Crippen LogP contribution in [0.25, 0.3) is 0 Å². The van der Waals surface area contributed by atoms with E-state index in [1.807, 2.05) is 38.1 Å². The quantitative estimate of drug-likeness (QED) is 0.309. The van der Waals surface area contributed by atoms with Crippen molar-refractivity contribution >= 4 is 45.1 Å². The molecular formula is C31H33BrN2O5. The molecule has 2 amide bonds. The summed E-state index contributed by atoms with van der Waals surface area (Å²) in [5.74, 6) is -0.442. The van der Waals surface area contributed by atoms with Gasteiger partial charge in [0, 0.05) is 28.8 Å². The molecule has 39 heavy (non-hydrogen) atoms. The van der Waals surface area contributed by atoms with Gasteiger partial charge in [-0.05, 0) is 84.5 Å². The number of halogens is 1. The average molecular weight is 594 g/mol. The predicted octanol–water partition coefficient (Wildman–Crippen LogP) is 6.69. The van der Waals surface area contributed by atoms with E-state index in [9.17, 15) is 14.4 Å². The highest BCUT2D eigenvalue weighted by molar-refractivity contribution is 9.10. The topological polar surface area (TPSA) is 84.9 Å². The predicted molar refractivity (Wildman–Crippen MR) is 155 cm³/mol. The Kier molecular flexibility index (Phi) is 8.45. The number of esters is 1. The molecule has 0 unspecified atom stereocenters. The zero-order valence-corrected chi connectivity index (χ0v) is 24.4. The lowest BCUT2D eigenvalue weighted by molar-refractivity contribution is -0.151. The number of anilines is 2. The molecule has 0 aliphatic carbocycles. The SMILES string of the molecule is Cc1cc(NC(=O)COC(=O)[C@H]2CC(=O)N(c3ccc(Oc4ccc(C(C)(C)C)cc4)cc3)C2)cc(C)c1Br. The fourth-order valence-electron chi connectivity index (χ4n) is 4.44. The van der Waals surface area contributed by atoms with Crippen molar-refractivity contribution in [2.45, 2.75) is 46.5 Å². The zero-order chi connectivity index (χ0) is 28.3. The number of hydrogen-bond donors (Lipinski definition) is 1. The third kappa shape index (κ3) is 7.06. The normalized spacial score (nSPS) is 15.3. The average Bonchev–Trinajstić information content (AvgIpc) is 3.27. The Morgan fingerprint density at radius 2 is 1.54 bits per heavy atom. The summed E-state index contributed by atoms with van der Waals surface area (Å²) in [5, 5.41) is 2.75. The van der Waals surface area contributed by atoms with Crippen LogP contribution in [-0.4, -0.2) is 30.9 Å². The molecule has 0 radical (unpaired) electrons. The molecule has 0 spiro atoms. The minimum absolute atomic E-state index is 0.0317. The number of ether oxygens (including phenoxy) is 2. The standard InChI is InChI=1S/C31H33BrN2O5/c1-19-14-23(15-20(2)29(19)32)33-27(35)18-38-30(37)21-16-28(36)34(17-21)24-8-12-26(13-9-24)39-25-10-6-22(7-11-25)31(3,4)5/h6-15,21H,16-18H2,1-5H3,(H,33,35)/t21-/m0/s1. The highest BCUT2D eigenvalue weighted by Gasteiger charge is 2.36. The molecule has 1 aliphatic rings. The van der Waals surface area contributed by atoms with Crippen LogP contribution in [0.15, 0.2) is 65.1 Å². The van der Waals surface area contributed by atoms with Crippen LogP contribution in [0, 0.1) is 19.8 Å². The van der Waals surface area contributed by atoms with Crippen molar-refractivity contribution in [2.75, 3.05) is 23.4 Å². The summed E-state index contributed by atoms with van der Waals surface area (Å²) in [6.07, 6.45) is 0.0317. The Hall–Kier alpha value is -3.65. The van der Waals surface area contributed by atoms with Crippen molar-refractivity contribution in [1.29, 1.82) is 0 Å². The Morgan fingerprint density at radius 1 is 0.974 bits per heavy atom. The van der Waals surface area contributed by atoms with Gasteiger partial charge in [-0.15, -0.1) is 0 Å². The molecule has 3 aromatic carbocycles. The summed E-state index contributed by atoms with van der Waals surface area (Å²) in [4.78, 5) is 39.1. The fraction of sp³-hybridized carbons (Fsp3) is 0.323. The molecule has 0 bridgehead atoms. The van der Waals surface area contributed by atoms with Gasteiger partial charge in [-0.3, -0.25) is 14.4 Å². The zero-order valence-electron chi connectivity index (χ0n) is 22.8. The molecule has 8 heteroatoms. The molecule has 204 valence electrons. The maximum atomic E-state index is 12.7. The largest absolute Gasteiger partial charge is 0.457 e. The summed E-state index contributed by atoms with van der Waals surface area (Å²) in [5.41, 5.74) is 4.57. The number of nitrogens with zero attached hydrogens (tertiary/aromatic N) is 1. The van der Waals surface area contributed by atoms with Crippen LogP contribution in [0.3, 0.4) is 0 Å². The van der Waals surface area contributed by atoms with Gasteiger partial charge in [-0.2, -0.15) is 0 Å². The number of rotatable bonds is 7. The Balaban J connectivity index is 1.29. The first kappa shape index (κ1) is 28.4. The number of carbonyl (C=O) groups is 3. The van der Waals surface area contributed by atoms with Gasteiger partial charge in [-0.25, -0.2) is 0 Å². The maximum Gasteiger partial charge on any atom is 0.311 e. The van der Waals surface area contributed by atoms with E-state index in [-0.39, 0.29) is 24.3 Å². The highest BCUT2D eigenvalue weighted by Crippen LogP contribution is 2.31.